The van der Waals surface area contributed by atoms with Crippen molar-refractivity contribution in [3.8, 4) is 16.9 Å². The molecule has 0 aliphatic carbocycles. The first kappa shape index (κ1) is 18.6. The normalized spacial score (nSPS) is 10.8. The van der Waals surface area contributed by atoms with Crippen LogP contribution in [-0.4, -0.2) is 22.4 Å². The van der Waals surface area contributed by atoms with E-state index < -0.39 is 11.8 Å². The van der Waals surface area contributed by atoms with Crippen LogP contribution in [0.3, 0.4) is 0 Å². The first-order valence-corrected chi connectivity index (χ1v) is 9.07. The highest BCUT2D eigenvalue weighted by molar-refractivity contribution is 9.10. The molecule has 0 amide bonds. The predicted molar refractivity (Wildman–Crippen MR) is 102 cm³/mol. The molecule has 1 aromatic heterocycles. The fourth-order valence-electron chi connectivity index (χ4n) is 2.66. The van der Waals surface area contributed by atoms with Crippen molar-refractivity contribution < 1.29 is 13.9 Å². The smallest absolute Gasteiger partial charge is 0.359 e. The fourth-order valence-corrected chi connectivity index (χ4v) is 3.12. The lowest BCUT2D eigenvalue weighted by Crippen LogP contribution is -2.08. The van der Waals surface area contributed by atoms with Gasteiger partial charge in [0.2, 0.25) is 0 Å². The fraction of sp³-hybridized carbons (Fsp3) is 0.158. The summed E-state index contributed by atoms with van der Waals surface area (Å²) >= 11 is 9.22. The Hall–Kier alpha value is -2.18. The summed E-state index contributed by atoms with van der Waals surface area (Å²) in [6, 6.07) is 11.7. The summed E-state index contributed by atoms with van der Waals surface area (Å²) in [7, 11) is 0. The third kappa shape index (κ3) is 3.52. The lowest BCUT2D eigenvalue weighted by molar-refractivity contribution is 0.0518. The summed E-state index contributed by atoms with van der Waals surface area (Å²) in [5.74, 6) is -1.01. The average molecular weight is 438 g/mol. The largest absolute Gasteiger partial charge is 0.461 e. The predicted octanol–water partition coefficient (Wildman–Crippen LogP) is 5.58. The number of benzene rings is 2. The maximum atomic E-state index is 14.6. The molecule has 0 atom stereocenters. The first-order valence-electron chi connectivity index (χ1n) is 7.90. The van der Waals surface area contributed by atoms with E-state index in [-0.39, 0.29) is 18.0 Å². The zero-order valence-electron chi connectivity index (χ0n) is 14.1. The van der Waals surface area contributed by atoms with Crippen LogP contribution < -0.4 is 0 Å². The van der Waals surface area contributed by atoms with Gasteiger partial charge in [-0.2, -0.15) is 5.10 Å². The monoisotopic (exact) mass is 436 g/mol. The van der Waals surface area contributed by atoms with Crippen LogP contribution in [0.25, 0.3) is 16.9 Å². The Morgan fingerprint density at radius 1 is 1.27 bits per heavy atom. The molecular formula is C19H15BrClFN2O2. The van der Waals surface area contributed by atoms with Gasteiger partial charge in [-0.25, -0.2) is 13.9 Å². The van der Waals surface area contributed by atoms with Gasteiger partial charge in [0.05, 0.1) is 12.3 Å². The molecule has 0 saturated carbocycles. The standard InChI is InChI=1S/C19H15BrClFN2O2/c1-3-26-19(25)17-11(2)18(12-4-7-14(21)8-5-12)24(23-17)16-9-6-13(20)10-15(16)22/h4-10H,3H2,1-2H3. The van der Waals surface area contributed by atoms with E-state index in [2.05, 4.69) is 21.0 Å². The minimum atomic E-state index is -0.545. The summed E-state index contributed by atoms with van der Waals surface area (Å²) < 4.78 is 21.7. The Labute approximate surface area is 163 Å². The molecular weight excluding hydrogens is 423 g/mol. The minimum Gasteiger partial charge on any atom is -0.461 e. The lowest BCUT2D eigenvalue weighted by Gasteiger charge is -2.10. The van der Waals surface area contributed by atoms with E-state index in [9.17, 15) is 9.18 Å². The highest BCUT2D eigenvalue weighted by atomic mass is 79.9. The van der Waals surface area contributed by atoms with Crippen molar-refractivity contribution in [1.82, 2.24) is 9.78 Å². The van der Waals surface area contributed by atoms with Crippen molar-refractivity contribution in [2.75, 3.05) is 6.61 Å². The Morgan fingerprint density at radius 2 is 1.96 bits per heavy atom. The number of hydrogen-bond acceptors (Lipinski definition) is 3. The van der Waals surface area contributed by atoms with Gasteiger partial charge in [0.1, 0.15) is 11.5 Å². The zero-order valence-corrected chi connectivity index (χ0v) is 16.4. The molecule has 0 saturated heterocycles. The Morgan fingerprint density at radius 3 is 2.58 bits per heavy atom. The number of carbonyl (C=O) groups is 1. The van der Waals surface area contributed by atoms with Crippen LogP contribution in [0.1, 0.15) is 23.0 Å². The molecule has 4 nitrogen and oxygen atoms in total. The third-order valence-electron chi connectivity index (χ3n) is 3.85. The molecule has 0 spiro atoms. The van der Waals surface area contributed by atoms with Crippen molar-refractivity contribution in [2.45, 2.75) is 13.8 Å². The third-order valence-corrected chi connectivity index (χ3v) is 4.59. The van der Waals surface area contributed by atoms with Crippen molar-refractivity contribution in [1.29, 1.82) is 0 Å². The van der Waals surface area contributed by atoms with Gasteiger partial charge >= 0.3 is 5.97 Å². The van der Waals surface area contributed by atoms with E-state index in [1.165, 1.54) is 10.7 Å². The molecule has 0 aliphatic heterocycles. The quantitative estimate of drug-likeness (QED) is 0.501. The summed E-state index contributed by atoms with van der Waals surface area (Å²) in [5.41, 5.74) is 2.35. The van der Waals surface area contributed by atoms with Crippen LogP contribution in [0.2, 0.25) is 5.02 Å². The van der Waals surface area contributed by atoms with Gasteiger partial charge in [0.15, 0.2) is 5.69 Å². The topological polar surface area (TPSA) is 44.1 Å². The van der Waals surface area contributed by atoms with Crippen LogP contribution in [0.5, 0.6) is 0 Å². The Balaban J connectivity index is 2.26. The summed E-state index contributed by atoms with van der Waals surface area (Å²) in [4.78, 5) is 12.3. The molecule has 0 N–H and O–H groups in total. The second-order valence-electron chi connectivity index (χ2n) is 5.56. The van der Waals surface area contributed by atoms with E-state index in [1.807, 2.05) is 0 Å². The van der Waals surface area contributed by atoms with Crippen molar-refractivity contribution in [3.63, 3.8) is 0 Å². The number of ether oxygens (including phenoxy) is 1. The van der Waals surface area contributed by atoms with Crippen molar-refractivity contribution >= 4 is 33.5 Å². The zero-order chi connectivity index (χ0) is 18.8. The number of halogens is 3. The Bertz CT molecular complexity index is 970. The van der Waals surface area contributed by atoms with E-state index >= 15 is 0 Å². The van der Waals surface area contributed by atoms with Gasteiger partial charge in [-0.1, -0.05) is 39.7 Å². The molecule has 0 unspecified atom stereocenters. The van der Waals surface area contributed by atoms with E-state index in [1.54, 1.807) is 50.2 Å². The highest BCUT2D eigenvalue weighted by Crippen LogP contribution is 2.31. The van der Waals surface area contributed by atoms with E-state index in [0.717, 1.165) is 5.56 Å². The van der Waals surface area contributed by atoms with Gasteiger partial charge in [-0.15, -0.1) is 0 Å². The summed E-state index contributed by atoms with van der Waals surface area (Å²) in [5, 5.41) is 4.92. The number of esters is 1. The summed E-state index contributed by atoms with van der Waals surface area (Å²) in [6.45, 7) is 3.71. The Kier molecular flexibility index (Phi) is 5.44. The molecule has 26 heavy (non-hydrogen) atoms. The molecule has 0 radical (unpaired) electrons. The van der Waals surface area contributed by atoms with Crippen LogP contribution >= 0.6 is 27.5 Å². The van der Waals surface area contributed by atoms with Gasteiger partial charge in [-0.05, 0) is 44.2 Å². The van der Waals surface area contributed by atoms with Gasteiger partial charge < -0.3 is 4.74 Å². The number of rotatable bonds is 4. The van der Waals surface area contributed by atoms with Gasteiger partial charge in [0, 0.05) is 20.6 Å². The maximum absolute atomic E-state index is 14.6. The second kappa shape index (κ2) is 7.60. The molecule has 2 aromatic carbocycles. The van der Waals surface area contributed by atoms with Crippen LogP contribution in [0.15, 0.2) is 46.9 Å². The van der Waals surface area contributed by atoms with Crippen LogP contribution in [0.4, 0.5) is 4.39 Å². The van der Waals surface area contributed by atoms with Crippen LogP contribution in [-0.2, 0) is 4.74 Å². The molecule has 134 valence electrons. The molecule has 0 fully saturated rings. The van der Waals surface area contributed by atoms with Crippen molar-refractivity contribution in [3.05, 3.63) is 69.0 Å². The number of nitrogens with zero attached hydrogens (tertiary/aromatic N) is 2. The molecule has 0 bridgehead atoms. The van der Waals surface area contributed by atoms with Gasteiger partial charge in [0.25, 0.3) is 0 Å². The minimum absolute atomic E-state index is 0.152. The van der Waals surface area contributed by atoms with E-state index in [4.69, 9.17) is 16.3 Å². The molecule has 3 aromatic rings. The lowest BCUT2D eigenvalue weighted by atomic mass is 10.1. The number of carbonyl (C=O) groups excluding carboxylic acids is 1. The van der Waals surface area contributed by atoms with Gasteiger partial charge in [-0.3, -0.25) is 0 Å². The van der Waals surface area contributed by atoms with E-state index in [0.29, 0.717) is 20.8 Å². The number of hydrogen-bond donors (Lipinski definition) is 0. The molecule has 0 aliphatic rings. The van der Waals surface area contributed by atoms with Crippen molar-refractivity contribution in [2.24, 2.45) is 0 Å². The SMILES string of the molecule is CCOC(=O)c1nn(-c2ccc(Br)cc2F)c(-c2ccc(Cl)cc2)c1C. The maximum Gasteiger partial charge on any atom is 0.359 e. The second-order valence-corrected chi connectivity index (χ2v) is 6.91. The van der Waals surface area contributed by atoms with Crippen LogP contribution in [0, 0.1) is 12.7 Å². The first-order chi connectivity index (χ1) is 12.4. The number of aromatic nitrogens is 2. The molecule has 7 heteroatoms. The molecule has 1 heterocycles. The average Bonchev–Trinajstić information content (AvgIpc) is 2.93. The summed E-state index contributed by atoms with van der Waals surface area (Å²) in [6.07, 6.45) is 0. The molecule has 3 rings (SSSR count). The highest BCUT2D eigenvalue weighted by Gasteiger charge is 2.24.